The van der Waals surface area contributed by atoms with Crippen LogP contribution in [0.2, 0.25) is 0 Å². The molecular formula is C16H22O4. The molecule has 0 saturated carbocycles. The Kier molecular flexibility index (Phi) is 6.81. The van der Waals surface area contributed by atoms with Crippen LogP contribution >= 0.6 is 0 Å². The molecular weight excluding hydrogens is 256 g/mol. The van der Waals surface area contributed by atoms with E-state index >= 15 is 0 Å². The van der Waals surface area contributed by atoms with Crippen LogP contribution in [0.15, 0.2) is 24.3 Å². The fourth-order valence-electron chi connectivity index (χ4n) is 1.88. The Balaban J connectivity index is 2.86. The zero-order valence-electron chi connectivity index (χ0n) is 12.3. The van der Waals surface area contributed by atoms with Gasteiger partial charge in [-0.2, -0.15) is 0 Å². The number of ether oxygens (including phenoxy) is 2. The van der Waals surface area contributed by atoms with Crippen molar-refractivity contribution < 1.29 is 19.4 Å². The zero-order chi connectivity index (χ0) is 15.0. The average molecular weight is 278 g/mol. The van der Waals surface area contributed by atoms with Crippen molar-refractivity contribution in [2.75, 3.05) is 7.11 Å². The molecule has 0 bridgehead atoms. The van der Waals surface area contributed by atoms with Crippen molar-refractivity contribution in [2.45, 2.75) is 39.4 Å². The molecule has 4 heteroatoms. The van der Waals surface area contributed by atoms with Crippen LogP contribution in [0.4, 0.5) is 0 Å². The van der Waals surface area contributed by atoms with Crippen molar-refractivity contribution >= 4 is 12.0 Å². The van der Waals surface area contributed by atoms with E-state index in [9.17, 15) is 4.79 Å². The minimum atomic E-state index is -0.966. The number of hydrogen-bond acceptors (Lipinski definition) is 3. The molecule has 110 valence electrons. The van der Waals surface area contributed by atoms with Crippen molar-refractivity contribution in [3.63, 3.8) is 0 Å². The van der Waals surface area contributed by atoms with E-state index in [1.165, 1.54) is 0 Å². The second-order valence-electron chi connectivity index (χ2n) is 4.65. The number of methoxy groups -OCH3 is 1. The van der Waals surface area contributed by atoms with Gasteiger partial charge in [-0.3, -0.25) is 0 Å². The summed E-state index contributed by atoms with van der Waals surface area (Å²) in [5.41, 5.74) is 1.75. The summed E-state index contributed by atoms with van der Waals surface area (Å²) in [7, 11) is 1.60. The van der Waals surface area contributed by atoms with Crippen molar-refractivity contribution in [1.29, 1.82) is 0 Å². The number of carboxylic acid groups (broad SMARTS) is 1. The number of rotatable bonds is 8. The van der Waals surface area contributed by atoms with Crippen LogP contribution in [0.5, 0.6) is 5.75 Å². The Labute approximate surface area is 120 Å². The van der Waals surface area contributed by atoms with Crippen molar-refractivity contribution in [1.82, 2.24) is 0 Å². The Morgan fingerprint density at radius 1 is 1.45 bits per heavy atom. The molecule has 0 fully saturated rings. The average Bonchev–Trinajstić information content (AvgIpc) is 2.43. The van der Waals surface area contributed by atoms with Crippen LogP contribution in [0.25, 0.3) is 6.08 Å². The zero-order valence-corrected chi connectivity index (χ0v) is 12.3. The highest BCUT2D eigenvalue weighted by molar-refractivity contribution is 5.85. The van der Waals surface area contributed by atoms with E-state index in [1.807, 2.05) is 19.1 Å². The minimum Gasteiger partial charge on any atom is -0.497 e. The van der Waals surface area contributed by atoms with E-state index in [4.69, 9.17) is 14.6 Å². The van der Waals surface area contributed by atoms with Crippen LogP contribution in [0.1, 0.15) is 37.8 Å². The van der Waals surface area contributed by atoms with E-state index in [-0.39, 0.29) is 6.10 Å². The molecule has 0 spiro atoms. The van der Waals surface area contributed by atoms with E-state index in [0.29, 0.717) is 6.61 Å². The van der Waals surface area contributed by atoms with E-state index in [1.54, 1.807) is 19.3 Å². The van der Waals surface area contributed by atoms with Gasteiger partial charge in [0, 0.05) is 6.08 Å². The monoisotopic (exact) mass is 278 g/mol. The SMILES string of the molecule is CCCC(C)OCc1cc(OC)ccc1/C=C/C(=O)O. The first-order chi connectivity index (χ1) is 9.56. The van der Waals surface area contributed by atoms with Gasteiger partial charge in [0.15, 0.2) is 0 Å². The smallest absolute Gasteiger partial charge is 0.328 e. The number of aliphatic carboxylic acids is 1. The molecule has 0 aromatic heterocycles. The first-order valence-electron chi connectivity index (χ1n) is 6.76. The van der Waals surface area contributed by atoms with Crippen LogP contribution in [-0.4, -0.2) is 24.3 Å². The van der Waals surface area contributed by atoms with E-state index in [0.717, 1.165) is 35.8 Å². The largest absolute Gasteiger partial charge is 0.497 e. The molecule has 4 nitrogen and oxygen atoms in total. The highest BCUT2D eigenvalue weighted by Crippen LogP contribution is 2.20. The van der Waals surface area contributed by atoms with Gasteiger partial charge in [0.2, 0.25) is 0 Å². The van der Waals surface area contributed by atoms with Crippen LogP contribution in [-0.2, 0) is 16.1 Å². The van der Waals surface area contributed by atoms with E-state index < -0.39 is 5.97 Å². The molecule has 0 aliphatic rings. The van der Waals surface area contributed by atoms with Crippen LogP contribution in [0.3, 0.4) is 0 Å². The van der Waals surface area contributed by atoms with Gasteiger partial charge in [-0.1, -0.05) is 19.4 Å². The number of hydrogen-bond donors (Lipinski definition) is 1. The number of carboxylic acids is 1. The molecule has 1 aromatic rings. The summed E-state index contributed by atoms with van der Waals surface area (Å²) in [6.07, 6.45) is 4.96. The van der Waals surface area contributed by atoms with Crippen LogP contribution in [0, 0.1) is 0 Å². The van der Waals surface area contributed by atoms with Gasteiger partial charge in [0.05, 0.1) is 19.8 Å². The molecule has 0 radical (unpaired) electrons. The lowest BCUT2D eigenvalue weighted by molar-refractivity contribution is -0.131. The summed E-state index contributed by atoms with van der Waals surface area (Å²) in [6, 6.07) is 5.52. The maximum Gasteiger partial charge on any atom is 0.328 e. The molecule has 1 aromatic carbocycles. The lowest BCUT2D eigenvalue weighted by Crippen LogP contribution is -2.08. The fourth-order valence-corrected chi connectivity index (χ4v) is 1.88. The second kappa shape index (κ2) is 8.38. The van der Waals surface area contributed by atoms with Gasteiger partial charge in [-0.05, 0) is 42.7 Å². The third kappa shape index (κ3) is 5.45. The Morgan fingerprint density at radius 2 is 2.20 bits per heavy atom. The molecule has 1 atom stereocenters. The second-order valence-corrected chi connectivity index (χ2v) is 4.65. The molecule has 20 heavy (non-hydrogen) atoms. The highest BCUT2D eigenvalue weighted by atomic mass is 16.5. The predicted molar refractivity (Wildman–Crippen MR) is 78.8 cm³/mol. The Morgan fingerprint density at radius 3 is 2.80 bits per heavy atom. The number of benzene rings is 1. The van der Waals surface area contributed by atoms with Crippen LogP contribution < -0.4 is 4.74 Å². The van der Waals surface area contributed by atoms with Gasteiger partial charge in [-0.25, -0.2) is 4.79 Å². The minimum absolute atomic E-state index is 0.183. The van der Waals surface area contributed by atoms with Gasteiger partial charge in [-0.15, -0.1) is 0 Å². The summed E-state index contributed by atoms with van der Waals surface area (Å²) in [5.74, 6) is -0.230. The fraction of sp³-hybridized carbons (Fsp3) is 0.438. The number of carbonyl (C=O) groups is 1. The molecule has 0 heterocycles. The lowest BCUT2D eigenvalue weighted by atomic mass is 10.1. The maximum absolute atomic E-state index is 10.6. The van der Waals surface area contributed by atoms with Gasteiger partial charge < -0.3 is 14.6 Å². The molecule has 1 rings (SSSR count). The summed E-state index contributed by atoms with van der Waals surface area (Å²) >= 11 is 0. The molecule has 0 aliphatic carbocycles. The lowest BCUT2D eigenvalue weighted by Gasteiger charge is -2.14. The third-order valence-electron chi connectivity index (χ3n) is 2.97. The topological polar surface area (TPSA) is 55.8 Å². The van der Waals surface area contributed by atoms with Gasteiger partial charge >= 0.3 is 5.97 Å². The molecule has 1 unspecified atom stereocenters. The summed E-state index contributed by atoms with van der Waals surface area (Å²) in [6.45, 7) is 4.60. The maximum atomic E-state index is 10.6. The Hall–Kier alpha value is -1.81. The normalized spacial score (nSPS) is 12.6. The molecule has 0 amide bonds. The summed E-state index contributed by atoms with van der Waals surface area (Å²) < 4.78 is 11.0. The Bertz CT molecular complexity index is 466. The first-order valence-corrected chi connectivity index (χ1v) is 6.76. The summed E-state index contributed by atoms with van der Waals surface area (Å²) in [4.78, 5) is 10.6. The predicted octanol–water partition coefficient (Wildman–Crippen LogP) is 3.50. The standard InChI is InChI=1S/C16H22O4/c1-4-5-12(2)20-11-14-10-15(19-3)8-6-13(14)7-9-16(17)18/h6-10,12H,4-5,11H2,1-3H3,(H,17,18)/b9-7+. The quantitative estimate of drug-likeness (QED) is 0.739. The molecule has 0 aliphatic heterocycles. The van der Waals surface area contributed by atoms with Crippen molar-refractivity contribution in [2.24, 2.45) is 0 Å². The highest BCUT2D eigenvalue weighted by Gasteiger charge is 2.06. The third-order valence-corrected chi connectivity index (χ3v) is 2.97. The van der Waals surface area contributed by atoms with Crippen molar-refractivity contribution in [3.05, 3.63) is 35.4 Å². The molecule has 0 saturated heterocycles. The van der Waals surface area contributed by atoms with Gasteiger partial charge in [0.25, 0.3) is 0 Å². The first kappa shape index (κ1) is 16.2. The van der Waals surface area contributed by atoms with Crippen molar-refractivity contribution in [3.8, 4) is 5.75 Å². The summed E-state index contributed by atoms with van der Waals surface area (Å²) in [5, 5.41) is 8.71. The molecule has 1 N–H and O–H groups in total. The van der Waals surface area contributed by atoms with Gasteiger partial charge in [0.1, 0.15) is 5.75 Å². The van der Waals surface area contributed by atoms with E-state index in [2.05, 4.69) is 6.92 Å².